The summed E-state index contributed by atoms with van der Waals surface area (Å²) in [5, 5.41) is 3.56. The minimum Gasteiger partial charge on any atom is -0.310 e. The zero-order valence-corrected chi connectivity index (χ0v) is 11.9. The van der Waals surface area contributed by atoms with E-state index in [1.807, 2.05) is 11.8 Å². The van der Waals surface area contributed by atoms with E-state index in [4.69, 9.17) is 0 Å². The SMILES string of the molecule is C=C(CC)CC(NCC)c1ccccc1SC. The van der Waals surface area contributed by atoms with Gasteiger partial charge in [-0.3, -0.25) is 0 Å². The van der Waals surface area contributed by atoms with Crippen molar-refractivity contribution in [3.8, 4) is 0 Å². The third kappa shape index (κ3) is 4.21. The Morgan fingerprint density at radius 1 is 1.35 bits per heavy atom. The Morgan fingerprint density at radius 2 is 2.06 bits per heavy atom. The van der Waals surface area contributed by atoms with Gasteiger partial charge in [0.25, 0.3) is 0 Å². The van der Waals surface area contributed by atoms with E-state index in [0.717, 1.165) is 19.4 Å². The maximum atomic E-state index is 4.13. The van der Waals surface area contributed by atoms with E-state index in [9.17, 15) is 0 Å². The number of thioether (sulfide) groups is 1. The molecule has 0 fully saturated rings. The molecule has 94 valence electrons. The fourth-order valence-corrected chi connectivity index (χ4v) is 2.59. The lowest BCUT2D eigenvalue weighted by Crippen LogP contribution is -2.21. The summed E-state index contributed by atoms with van der Waals surface area (Å²) in [6.07, 6.45) is 4.22. The molecule has 0 aromatic heterocycles. The van der Waals surface area contributed by atoms with Gasteiger partial charge in [0.15, 0.2) is 0 Å². The molecule has 0 radical (unpaired) electrons. The van der Waals surface area contributed by atoms with Gasteiger partial charge < -0.3 is 5.32 Å². The minimum absolute atomic E-state index is 0.399. The number of benzene rings is 1. The standard InChI is InChI=1S/C15H23NS/c1-5-12(3)11-14(16-6-2)13-9-7-8-10-15(13)17-4/h7-10,14,16H,3,5-6,11H2,1-2,4H3. The Kier molecular flexibility index (Phi) is 6.38. The second-order valence-electron chi connectivity index (χ2n) is 4.16. The van der Waals surface area contributed by atoms with Crippen LogP contribution in [0.1, 0.15) is 38.3 Å². The van der Waals surface area contributed by atoms with E-state index in [1.165, 1.54) is 16.0 Å². The minimum atomic E-state index is 0.399. The highest BCUT2D eigenvalue weighted by Gasteiger charge is 2.14. The second-order valence-corrected chi connectivity index (χ2v) is 5.01. The van der Waals surface area contributed by atoms with Crippen LogP contribution in [-0.4, -0.2) is 12.8 Å². The molecule has 1 aromatic rings. The van der Waals surface area contributed by atoms with Gasteiger partial charge in [-0.25, -0.2) is 0 Å². The molecule has 0 saturated heterocycles. The molecule has 0 bridgehead atoms. The number of hydrogen-bond donors (Lipinski definition) is 1. The monoisotopic (exact) mass is 249 g/mol. The van der Waals surface area contributed by atoms with Gasteiger partial charge in [0.05, 0.1) is 0 Å². The predicted molar refractivity (Wildman–Crippen MR) is 78.7 cm³/mol. The summed E-state index contributed by atoms with van der Waals surface area (Å²) >= 11 is 1.81. The first-order chi connectivity index (χ1) is 8.22. The van der Waals surface area contributed by atoms with Crippen LogP contribution in [0.3, 0.4) is 0 Å². The zero-order valence-electron chi connectivity index (χ0n) is 11.1. The Labute approximate surface area is 110 Å². The second kappa shape index (κ2) is 7.57. The van der Waals surface area contributed by atoms with E-state index in [0.29, 0.717) is 6.04 Å². The smallest absolute Gasteiger partial charge is 0.0368 e. The summed E-state index contributed by atoms with van der Waals surface area (Å²) in [4.78, 5) is 1.36. The molecule has 1 nitrogen and oxygen atoms in total. The van der Waals surface area contributed by atoms with E-state index in [1.54, 1.807) is 0 Å². The van der Waals surface area contributed by atoms with Crippen LogP contribution in [0.5, 0.6) is 0 Å². The molecule has 0 aliphatic carbocycles. The molecule has 0 saturated carbocycles. The molecule has 0 aliphatic heterocycles. The van der Waals surface area contributed by atoms with Crippen molar-refractivity contribution in [3.05, 3.63) is 42.0 Å². The first kappa shape index (κ1) is 14.3. The van der Waals surface area contributed by atoms with Crippen LogP contribution in [-0.2, 0) is 0 Å². The predicted octanol–water partition coefficient (Wildman–Crippen LogP) is 4.42. The number of nitrogens with one attached hydrogen (secondary N) is 1. The highest BCUT2D eigenvalue weighted by Crippen LogP contribution is 2.29. The summed E-state index contributed by atoms with van der Waals surface area (Å²) in [5.41, 5.74) is 2.71. The van der Waals surface area contributed by atoms with Crippen LogP contribution in [0, 0.1) is 0 Å². The van der Waals surface area contributed by atoms with Crippen LogP contribution in [0.25, 0.3) is 0 Å². The Morgan fingerprint density at radius 3 is 2.65 bits per heavy atom. The molecule has 0 amide bonds. The van der Waals surface area contributed by atoms with E-state index in [-0.39, 0.29) is 0 Å². The summed E-state index contributed by atoms with van der Waals surface area (Å²) in [7, 11) is 0. The van der Waals surface area contributed by atoms with Crippen molar-refractivity contribution in [2.45, 2.75) is 37.6 Å². The van der Waals surface area contributed by atoms with Gasteiger partial charge in [0, 0.05) is 10.9 Å². The summed E-state index contributed by atoms with van der Waals surface area (Å²) in [6.45, 7) is 9.45. The fraction of sp³-hybridized carbons (Fsp3) is 0.467. The quantitative estimate of drug-likeness (QED) is 0.567. The number of hydrogen-bond acceptors (Lipinski definition) is 2. The third-order valence-corrected chi connectivity index (χ3v) is 3.77. The van der Waals surface area contributed by atoms with E-state index >= 15 is 0 Å². The molecule has 1 unspecified atom stereocenters. The lowest BCUT2D eigenvalue weighted by atomic mass is 9.98. The number of rotatable bonds is 7. The van der Waals surface area contributed by atoms with Crippen molar-refractivity contribution in [3.63, 3.8) is 0 Å². The zero-order chi connectivity index (χ0) is 12.7. The van der Waals surface area contributed by atoms with Crippen LogP contribution in [0.15, 0.2) is 41.3 Å². The molecule has 1 atom stereocenters. The van der Waals surface area contributed by atoms with Crippen molar-refractivity contribution in [1.29, 1.82) is 0 Å². The van der Waals surface area contributed by atoms with Crippen LogP contribution in [0.4, 0.5) is 0 Å². The molecule has 1 rings (SSSR count). The van der Waals surface area contributed by atoms with Gasteiger partial charge >= 0.3 is 0 Å². The van der Waals surface area contributed by atoms with Crippen LogP contribution < -0.4 is 5.32 Å². The molecule has 17 heavy (non-hydrogen) atoms. The Bertz CT molecular complexity index is 360. The molecule has 0 heterocycles. The summed E-state index contributed by atoms with van der Waals surface area (Å²) in [5.74, 6) is 0. The van der Waals surface area contributed by atoms with Crippen molar-refractivity contribution >= 4 is 11.8 Å². The van der Waals surface area contributed by atoms with Gasteiger partial charge in [-0.2, -0.15) is 0 Å². The first-order valence-electron chi connectivity index (χ1n) is 6.25. The molecular formula is C15H23NS. The summed E-state index contributed by atoms with van der Waals surface area (Å²) in [6, 6.07) is 9.04. The van der Waals surface area contributed by atoms with E-state index in [2.05, 4.69) is 56.3 Å². The highest BCUT2D eigenvalue weighted by atomic mass is 32.2. The lowest BCUT2D eigenvalue weighted by molar-refractivity contribution is 0.536. The lowest BCUT2D eigenvalue weighted by Gasteiger charge is -2.21. The largest absolute Gasteiger partial charge is 0.310 e. The molecule has 0 aliphatic rings. The maximum Gasteiger partial charge on any atom is 0.0368 e. The third-order valence-electron chi connectivity index (χ3n) is 2.96. The average Bonchev–Trinajstić information content (AvgIpc) is 2.38. The molecule has 1 aromatic carbocycles. The van der Waals surface area contributed by atoms with Crippen molar-refractivity contribution in [1.82, 2.24) is 5.32 Å². The van der Waals surface area contributed by atoms with Crippen molar-refractivity contribution in [2.24, 2.45) is 0 Å². The van der Waals surface area contributed by atoms with E-state index < -0.39 is 0 Å². The van der Waals surface area contributed by atoms with Crippen LogP contribution >= 0.6 is 11.8 Å². The van der Waals surface area contributed by atoms with Gasteiger partial charge in [0.2, 0.25) is 0 Å². The normalized spacial score (nSPS) is 12.4. The van der Waals surface area contributed by atoms with Crippen molar-refractivity contribution in [2.75, 3.05) is 12.8 Å². The Hall–Kier alpha value is -0.730. The first-order valence-corrected chi connectivity index (χ1v) is 7.48. The van der Waals surface area contributed by atoms with Gasteiger partial charge in [-0.1, -0.05) is 44.2 Å². The summed E-state index contributed by atoms with van der Waals surface area (Å²) < 4.78 is 0. The molecule has 1 N–H and O–H groups in total. The highest BCUT2D eigenvalue weighted by molar-refractivity contribution is 7.98. The fourth-order valence-electron chi connectivity index (χ4n) is 1.93. The average molecular weight is 249 g/mol. The van der Waals surface area contributed by atoms with Crippen molar-refractivity contribution < 1.29 is 0 Å². The van der Waals surface area contributed by atoms with Gasteiger partial charge in [-0.15, -0.1) is 11.8 Å². The Balaban J connectivity index is 2.91. The van der Waals surface area contributed by atoms with Crippen LogP contribution in [0.2, 0.25) is 0 Å². The molecular weight excluding hydrogens is 226 g/mol. The van der Waals surface area contributed by atoms with Gasteiger partial charge in [0.1, 0.15) is 0 Å². The maximum absolute atomic E-state index is 4.13. The molecule has 0 spiro atoms. The topological polar surface area (TPSA) is 12.0 Å². The van der Waals surface area contributed by atoms with Gasteiger partial charge in [-0.05, 0) is 37.3 Å². The molecule has 2 heteroatoms.